The van der Waals surface area contributed by atoms with E-state index in [0.29, 0.717) is 6.07 Å². The largest absolute Gasteiger partial charge is 0.480 e. The maximum atomic E-state index is 13.1. The molecule has 88 valence electrons. The van der Waals surface area contributed by atoms with Crippen LogP contribution in [0, 0.1) is 11.6 Å². The van der Waals surface area contributed by atoms with Gasteiger partial charge in [-0.15, -0.1) is 0 Å². The normalized spacial score (nSPS) is 12.4. The summed E-state index contributed by atoms with van der Waals surface area (Å²) in [7, 11) is 0. The number of aliphatic hydroxyl groups is 1. The molecule has 1 aromatic carbocycles. The van der Waals surface area contributed by atoms with Gasteiger partial charge in [-0.05, 0) is 6.07 Å². The molecule has 0 aliphatic rings. The first-order valence-corrected chi connectivity index (χ1v) is 4.43. The maximum Gasteiger partial charge on any atom is 0.329 e. The number of carbonyl (C=O) groups is 1. The summed E-state index contributed by atoms with van der Waals surface area (Å²) in [6, 6.07) is 2.72. The molecule has 4 nitrogen and oxygen atoms in total. The molecule has 0 fully saturated rings. The van der Waals surface area contributed by atoms with Crippen LogP contribution < -0.4 is 0 Å². The van der Waals surface area contributed by atoms with E-state index < -0.39 is 30.3 Å². The Balaban J connectivity index is 2.58. The Labute approximate surface area is 90.1 Å². The average Bonchev–Trinajstić information content (AvgIpc) is 2.16. The van der Waals surface area contributed by atoms with E-state index in [1.165, 1.54) is 0 Å². The van der Waals surface area contributed by atoms with Crippen molar-refractivity contribution in [1.82, 2.24) is 0 Å². The Kier molecular flexibility index (Phi) is 4.33. The molecule has 0 aliphatic carbocycles. The van der Waals surface area contributed by atoms with Gasteiger partial charge in [-0.25, -0.2) is 13.6 Å². The van der Waals surface area contributed by atoms with Crippen LogP contribution in [0.4, 0.5) is 8.78 Å². The number of halogens is 2. The van der Waals surface area contributed by atoms with Crippen molar-refractivity contribution in [3.05, 3.63) is 35.4 Å². The molecule has 0 spiro atoms. The van der Waals surface area contributed by atoms with Crippen LogP contribution in [0.1, 0.15) is 11.7 Å². The van der Waals surface area contributed by atoms with E-state index in [0.717, 1.165) is 12.1 Å². The first-order valence-electron chi connectivity index (χ1n) is 4.43. The van der Waals surface area contributed by atoms with E-state index in [4.69, 9.17) is 5.11 Å². The first-order chi connectivity index (χ1) is 7.50. The van der Waals surface area contributed by atoms with E-state index in [1.807, 2.05) is 0 Å². The maximum absolute atomic E-state index is 13.1. The molecule has 0 aromatic heterocycles. The smallest absolute Gasteiger partial charge is 0.329 e. The highest BCUT2D eigenvalue weighted by atomic mass is 19.1. The highest BCUT2D eigenvalue weighted by molar-refractivity contribution is 5.67. The van der Waals surface area contributed by atoms with E-state index in [-0.39, 0.29) is 12.2 Å². The molecule has 0 heterocycles. The minimum atomic E-state index is -1.32. The molecule has 0 aliphatic heterocycles. The summed E-state index contributed by atoms with van der Waals surface area (Å²) in [5.41, 5.74) is -0.133. The van der Waals surface area contributed by atoms with Gasteiger partial charge in [0.1, 0.15) is 24.3 Å². The van der Waals surface area contributed by atoms with Gasteiger partial charge in [-0.3, -0.25) is 0 Å². The number of carboxylic acids is 1. The topological polar surface area (TPSA) is 66.8 Å². The number of hydrogen-bond acceptors (Lipinski definition) is 3. The molecule has 6 heteroatoms. The predicted octanol–water partition coefficient (Wildman–Crippen LogP) is 1.10. The summed E-state index contributed by atoms with van der Waals surface area (Å²) in [5, 5.41) is 17.7. The molecule has 16 heavy (non-hydrogen) atoms. The Hall–Kier alpha value is -1.53. The molecule has 1 unspecified atom stereocenters. The summed E-state index contributed by atoms with van der Waals surface area (Å²) in [6.45, 7) is -0.950. The van der Waals surface area contributed by atoms with Gasteiger partial charge >= 0.3 is 5.97 Å². The minimum absolute atomic E-state index is 0.133. The second-order valence-corrected chi connectivity index (χ2v) is 3.09. The van der Waals surface area contributed by atoms with Crippen molar-refractivity contribution in [2.24, 2.45) is 0 Å². The van der Waals surface area contributed by atoms with Crippen LogP contribution in [0.2, 0.25) is 0 Å². The van der Waals surface area contributed by atoms with Gasteiger partial charge in [0, 0.05) is 11.6 Å². The lowest BCUT2D eigenvalue weighted by Crippen LogP contribution is -2.14. The van der Waals surface area contributed by atoms with Gasteiger partial charge in [0.25, 0.3) is 0 Å². The molecular weight excluding hydrogens is 222 g/mol. The summed E-state index contributed by atoms with van der Waals surface area (Å²) >= 11 is 0. The van der Waals surface area contributed by atoms with Crippen molar-refractivity contribution >= 4 is 5.97 Å². The average molecular weight is 232 g/mol. The van der Waals surface area contributed by atoms with E-state index in [9.17, 15) is 18.7 Å². The third kappa shape index (κ3) is 3.56. The van der Waals surface area contributed by atoms with Gasteiger partial charge in [-0.2, -0.15) is 0 Å². The summed E-state index contributed by atoms with van der Waals surface area (Å²) < 4.78 is 30.2. The number of ether oxygens (including phenoxy) is 1. The van der Waals surface area contributed by atoms with Crippen LogP contribution in [0.15, 0.2) is 18.2 Å². The fraction of sp³-hybridized carbons (Fsp3) is 0.300. The van der Waals surface area contributed by atoms with Crippen molar-refractivity contribution in [3.8, 4) is 0 Å². The zero-order valence-electron chi connectivity index (χ0n) is 8.19. The molecular formula is C10H10F2O4. The van der Waals surface area contributed by atoms with Gasteiger partial charge in [0.05, 0.1) is 6.61 Å². The Bertz CT molecular complexity index is 381. The highest BCUT2D eigenvalue weighted by Gasteiger charge is 2.14. The van der Waals surface area contributed by atoms with Crippen molar-refractivity contribution in [2.45, 2.75) is 6.10 Å². The third-order valence-electron chi connectivity index (χ3n) is 1.82. The third-order valence-corrected chi connectivity index (χ3v) is 1.82. The van der Waals surface area contributed by atoms with Crippen molar-refractivity contribution in [1.29, 1.82) is 0 Å². The monoisotopic (exact) mass is 232 g/mol. The van der Waals surface area contributed by atoms with E-state index in [1.54, 1.807) is 0 Å². The van der Waals surface area contributed by atoms with Crippen LogP contribution in [-0.2, 0) is 9.53 Å². The lowest BCUT2D eigenvalue weighted by Gasteiger charge is -2.11. The summed E-state index contributed by atoms with van der Waals surface area (Å²) in [4.78, 5) is 10.1. The Morgan fingerprint density at radius 2 is 2.12 bits per heavy atom. The fourth-order valence-corrected chi connectivity index (χ4v) is 1.12. The molecule has 1 atom stereocenters. The summed E-state index contributed by atoms with van der Waals surface area (Å²) in [6.07, 6.45) is -1.32. The quantitative estimate of drug-likeness (QED) is 0.797. The number of aliphatic hydroxyl groups excluding tert-OH is 1. The molecule has 0 bridgehead atoms. The number of rotatable bonds is 5. The number of hydrogen-bond donors (Lipinski definition) is 2. The first kappa shape index (κ1) is 12.5. The molecule has 1 aromatic rings. The van der Waals surface area contributed by atoms with Crippen LogP contribution in [0.25, 0.3) is 0 Å². The standard InChI is InChI=1S/C10H10F2O4/c11-6-1-2-7(8(12)3-6)9(13)4-16-5-10(14)15/h1-3,9,13H,4-5H2,(H,14,15). The number of aliphatic carboxylic acids is 1. The molecule has 1 rings (SSSR count). The minimum Gasteiger partial charge on any atom is -0.480 e. The zero-order valence-corrected chi connectivity index (χ0v) is 8.19. The van der Waals surface area contributed by atoms with Gasteiger partial charge in [-0.1, -0.05) is 6.07 Å². The molecule has 0 amide bonds. The van der Waals surface area contributed by atoms with Crippen LogP contribution in [0.5, 0.6) is 0 Å². The van der Waals surface area contributed by atoms with E-state index >= 15 is 0 Å². The lowest BCUT2D eigenvalue weighted by molar-refractivity contribution is -0.143. The lowest BCUT2D eigenvalue weighted by atomic mass is 10.1. The second kappa shape index (κ2) is 5.53. The van der Waals surface area contributed by atoms with E-state index in [2.05, 4.69) is 4.74 Å². The fourth-order valence-electron chi connectivity index (χ4n) is 1.12. The second-order valence-electron chi connectivity index (χ2n) is 3.09. The number of benzene rings is 1. The van der Waals surface area contributed by atoms with Gasteiger partial charge in [0.15, 0.2) is 0 Å². The Morgan fingerprint density at radius 3 is 2.69 bits per heavy atom. The van der Waals surface area contributed by atoms with Crippen molar-refractivity contribution in [2.75, 3.05) is 13.2 Å². The van der Waals surface area contributed by atoms with Crippen molar-refractivity contribution in [3.63, 3.8) is 0 Å². The number of carboxylic acid groups (broad SMARTS) is 1. The molecule has 2 N–H and O–H groups in total. The molecule has 0 saturated heterocycles. The zero-order chi connectivity index (χ0) is 12.1. The Morgan fingerprint density at radius 1 is 1.44 bits per heavy atom. The molecule has 0 radical (unpaired) electrons. The predicted molar refractivity (Wildman–Crippen MR) is 49.8 cm³/mol. The van der Waals surface area contributed by atoms with Crippen molar-refractivity contribution < 1.29 is 28.5 Å². The SMILES string of the molecule is O=C(O)COCC(O)c1ccc(F)cc1F. The van der Waals surface area contributed by atoms with Crippen LogP contribution >= 0.6 is 0 Å². The van der Waals surface area contributed by atoms with Gasteiger partial charge < -0.3 is 14.9 Å². The molecule has 0 saturated carbocycles. The highest BCUT2D eigenvalue weighted by Crippen LogP contribution is 2.18. The van der Waals surface area contributed by atoms with Crippen LogP contribution in [0.3, 0.4) is 0 Å². The summed E-state index contributed by atoms with van der Waals surface area (Å²) in [5.74, 6) is -2.84. The van der Waals surface area contributed by atoms with Gasteiger partial charge in [0.2, 0.25) is 0 Å². The van der Waals surface area contributed by atoms with Crippen LogP contribution in [-0.4, -0.2) is 29.4 Å².